The number of hydrogen-bond donors (Lipinski definition) is 1. The van der Waals surface area contributed by atoms with Gasteiger partial charge in [0.05, 0.1) is 0 Å². The minimum atomic E-state index is 0.417. The second kappa shape index (κ2) is 1.08. The maximum absolute atomic E-state index is 6.28. The molecule has 0 radical (unpaired) electrons. The predicted molar refractivity (Wildman–Crippen MR) is 19.2 cm³/mol. The summed E-state index contributed by atoms with van der Waals surface area (Å²) in [5, 5.41) is 3.05. The summed E-state index contributed by atoms with van der Waals surface area (Å²) in [5.41, 5.74) is 6.28. The Bertz CT molecular complexity index is 97.0. The van der Waals surface area contributed by atoms with E-state index in [1.807, 2.05) is 0 Å². The van der Waals surface area contributed by atoms with Gasteiger partial charge in [-0.15, -0.1) is 0 Å². The third kappa shape index (κ3) is 0.544. The third-order valence-corrected chi connectivity index (χ3v) is 0.519. The van der Waals surface area contributed by atoms with Gasteiger partial charge in [-0.1, -0.05) is 0 Å². The van der Waals surface area contributed by atoms with Crippen molar-refractivity contribution in [3.05, 3.63) is 12.0 Å². The summed E-state index contributed by atoms with van der Waals surface area (Å²) in [5.74, 6) is 0.810. The van der Waals surface area contributed by atoms with Crippen molar-refractivity contribution in [3.63, 3.8) is 0 Å². The molecule has 6 heavy (non-hydrogen) atoms. The van der Waals surface area contributed by atoms with Gasteiger partial charge in [-0.2, -0.15) is 5.11 Å². The minimum Gasteiger partial charge on any atom is -0.460 e. The lowest BCUT2D eigenvalue weighted by Gasteiger charge is -1.70. The van der Waals surface area contributed by atoms with E-state index in [2.05, 4.69) is 9.85 Å². The Hall–Kier alpha value is -0.860. The summed E-state index contributed by atoms with van der Waals surface area (Å²) in [7, 11) is 0. The Morgan fingerprint density at radius 1 is 2.00 bits per heavy atom. The van der Waals surface area contributed by atoms with Gasteiger partial charge in [0, 0.05) is 0 Å². The van der Waals surface area contributed by atoms with E-state index in [1.165, 1.54) is 0 Å². The second-order valence-electron chi connectivity index (χ2n) is 1.02. The van der Waals surface area contributed by atoms with E-state index in [0.29, 0.717) is 6.54 Å². The maximum Gasteiger partial charge on any atom is 0.162 e. The highest BCUT2D eigenvalue weighted by molar-refractivity contribution is 5.03. The van der Waals surface area contributed by atoms with Crippen molar-refractivity contribution >= 4 is 0 Å². The van der Waals surface area contributed by atoms with Gasteiger partial charge in [0.15, 0.2) is 5.76 Å². The molecule has 32 valence electrons. The molecule has 0 fully saturated rings. The van der Waals surface area contributed by atoms with E-state index in [9.17, 15) is 0 Å². The molecule has 3 heteroatoms. The van der Waals surface area contributed by atoms with Crippen molar-refractivity contribution < 1.29 is 4.74 Å². The van der Waals surface area contributed by atoms with Crippen LogP contribution in [0.5, 0.6) is 0 Å². The van der Waals surface area contributed by atoms with E-state index in [4.69, 9.17) is 5.53 Å². The fraction of sp³-hybridized carbons (Fsp3) is 0.333. The number of rotatable bonds is 2. The molecule has 1 N–H and O–H groups in total. The van der Waals surface area contributed by atoms with Gasteiger partial charge < -0.3 is 4.74 Å². The SMILES string of the molecule is N=NCC1=CO1. The third-order valence-electron chi connectivity index (χ3n) is 0.519. The lowest BCUT2D eigenvalue weighted by molar-refractivity contribution is 0.492. The molecule has 0 amide bonds. The van der Waals surface area contributed by atoms with E-state index in [0.717, 1.165) is 5.76 Å². The van der Waals surface area contributed by atoms with Gasteiger partial charge in [0.2, 0.25) is 0 Å². The zero-order chi connectivity index (χ0) is 4.41. The fourth-order valence-electron chi connectivity index (χ4n) is 0.194. The molecule has 1 rings (SSSR count). The number of ether oxygens (including phenoxy) is 1. The van der Waals surface area contributed by atoms with Crippen LogP contribution in [0, 0.1) is 5.53 Å². The molecular formula is C3H4N2O. The first-order chi connectivity index (χ1) is 2.93. The topological polar surface area (TPSA) is 48.7 Å². The monoisotopic (exact) mass is 84.0 g/mol. The van der Waals surface area contributed by atoms with Crippen molar-refractivity contribution in [1.29, 1.82) is 5.53 Å². The largest absolute Gasteiger partial charge is 0.460 e. The Kier molecular flexibility index (Phi) is 0.602. The number of hydrogen-bond acceptors (Lipinski definition) is 3. The molecule has 1 aliphatic rings. The second-order valence-corrected chi connectivity index (χ2v) is 1.02. The van der Waals surface area contributed by atoms with Crippen LogP contribution in [0.15, 0.2) is 17.1 Å². The Balaban J connectivity index is 2.16. The quantitative estimate of drug-likeness (QED) is 0.496. The van der Waals surface area contributed by atoms with Crippen LogP contribution >= 0.6 is 0 Å². The molecule has 0 aromatic carbocycles. The van der Waals surface area contributed by atoms with Crippen LogP contribution in [0.25, 0.3) is 0 Å². The Morgan fingerprint density at radius 2 is 2.67 bits per heavy atom. The van der Waals surface area contributed by atoms with Gasteiger partial charge in [-0.05, 0) is 0 Å². The summed E-state index contributed by atoms with van der Waals surface area (Å²) in [6, 6.07) is 0. The molecule has 1 aliphatic heterocycles. The zero-order valence-corrected chi connectivity index (χ0v) is 3.14. The van der Waals surface area contributed by atoms with Crippen LogP contribution in [0.4, 0.5) is 0 Å². The molecule has 0 atom stereocenters. The highest BCUT2D eigenvalue weighted by atomic mass is 16.5. The minimum absolute atomic E-state index is 0.417. The van der Waals surface area contributed by atoms with E-state index >= 15 is 0 Å². The number of nitrogens with zero attached hydrogens (tertiary/aromatic N) is 1. The molecule has 0 aliphatic carbocycles. The molecule has 3 nitrogen and oxygen atoms in total. The summed E-state index contributed by atoms with van der Waals surface area (Å²) in [6.07, 6.45) is 1.58. The lowest BCUT2D eigenvalue weighted by Crippen LogP contribution is -1.67. The molecule has 0 bridgehead atoms. The van der Waals surface area contributed by atoms with Crippen LogP contribution in [-0.4, -0.2) is 6.54 Å². The first-order valence-corrected chi connectivity index (χ1v) is 1.62. The van der Waals surface area contributed by atoms with Crippen molar-refractivity contribution in [2.24, 2.45) is 5.11 Å². The standard InChI is InChI=1S/C3H4N2O/c4-5-1-3-2-6-3/h2,4H,1H2. The molecule has 0 saturated carbocycles. The van der Waals surface area contributed by atoms with Gasteiger partial charge in [-0.25, -0.2) is 5.53 Å². The summed E-state index contributed by atoms with van der Waals surface area (Å²) >= 11 is 0. The molecule has 0 aromatic heterocycles. The summed E-state index contributed by atoms with van der Waals surface area (Å²) in [6.45, 7) is 0.417. The normalized spacial score (nSPS) is 15.0. The summed E-state index contributed by atoms with van der Waals surface area (Å²) in [4.78, 5) is 0. The van der Waals surface area contributed by atoms with Gasteiger partial charge in [-0.3, -0.25) is 0 Å². The van der Waals surface area contributed by atoms with Gasteiger partial charge in [0.1, 0.15) is 12.8 Å². The first kappa shape index (κ1) is 3.33. The lowest BCUT2D eigenvalue weighted by atomic mass is 10.6. The molecule has 0 spiro atoms. The Morgan fingerprint density at radius 3 is 2.83 bits per heavy atom. The molecular weight excluding hydrogens is 80.0 g/mol. The predicted octanol–water partition coefficient (Wildman–Crippen LogP) is 0.889. The van der Waals surface area contributed by atoms with Gasteiger partial charge in [0.25, 0.3) is 0 Å². The smallest absolute Gasteiger partial charge is 0.162 e. The maximum atomic E-state index is 6.28. The molecule has 0 saturated heterocycles. The molecule has 1 heterocycles. The van der Waals surface area contributed by atoms with E-state index < -0.39 is 0 Å². The average molecular weight is 84.1 g/mol. The molecule has 0 unspecified atom stereocenters. The van der Waals surface area contributed by atoms with Crippen LogP contribution in [0.3, 0.4) is 0 Å². The first-order valence-electron chi connectivity index (χ1n) is 1.62. The van der Waals surface area contributed by atoms with Crippen molar-refractivity contribution in [2.45, 2.75) is 0 Å². The van der Waals surface area contributed by atoms with Crippen LogP contribution in [0.1, 0.15) is 0 Å². The zero-order valence-electron chi connectivity index (χ0n) is 3.14. The molecule has 0 aromatic rings. The fourth-order valence-corrected chi connectivity index (χ4v) is 0.194. The van der Waals surface area contributed by atoms with Crippen LogP contribution in [0.2, 0.25) is 0 Å². The average Bonchev–Trinajstić information content (AvgIpc) is 2.21. The summed E-state index contributed by atoms with van der Waals surface area (Å²) < 4.78 is 4.53. The Labute approximate surface area is 35.1 Å². The highest BCUT2D eigenvalue weighted by Crippen LogP contribution is 2.11. The van der Waals surface area contributed by atoms with Gasteiger partial charge >= 0.3 is 0 Å². The van der Waals surface area contributed by atoms with Crippen molar-refractivity contribution in [3.8, 4) is 0 Å². The van der Waals surface area contributed by atoms with Crippen LogP contribution < -0.4 is 0 Å². The van der Waals surface area contributed by atoms with Crippen molar-refractivity contribution in [2.75, 3.05) is 6.54 Å². The van der Waals surface area contributed by atoms with E-state index in [-0.39, 0.29) is 0 Å². The van der Waals surface area contributed by atoms with E-state index in [1.54, 1.807) is 6.26 Å². The highest BCUT2D eigenvalue weighted by Gasteiger charge is 2.06. The van der Waals surface area contributed by atoms with Crippen LogP contribution in [-0.2, 0) is 4.74 Å². The van der Waals surface area contributed by atoms with Crippen molar-refractivity contribution in [1.82, 2.24) is 0 Å². The number of nitrogens with one attached hydrogen (secondary N) is 1.